The molecule has 0 saturated heterocycles. The average molecular weight is 317 g/mol. The van der Waals surface area contributed by atoms with Crippen LogP contribution in [0.1, 0.15) is 5.56 Å². The van der Waals surface area contributed by atoms with Gasteiger partial charge in [-0.25, -0.2) is 0 Å². The van der Waals surface area contributed by atoms with Crippen LogP contribution < -0.4 is 10.1 Å². The van der Waals surface area contributed by atoms with E-state index < -0.39 is 0 Å². The van der Waals surface area contributed by atoms with Crippen LogP contribution in [0.2, 0.25) is 15.1 Å². The van der Waals surface area contributed by atoms with Crippen molar-refractivity contribution < 1.29 is 4.74 Å². The lowest BCUT2D eigenvalue weighted by atomic mass is 10.2. The Morgan fingerprint density at radius 2 is 1.68 bits per heavy atom. The second-order valence-corrected chi connectivity index (χ2v) is 5.21. The highest BCUT2D eigenvalue weighted by atomic mass is 35.5. The normalized spacial score (nSPS) is 10.3. The van der Waals surface area contributed by atoms with E-state index in [0.29, 0.717) is 21.6 Å². The van der Waals surface area contributed by atoms with Crippen molar-refractivity contribution in [2.45, 2.75) is 6.54 Å². The van der Waals surface area contributed by atoms with Crippen LogP contribution in [0.15, 0.2) is 36.4 Å². The molecule has 0 fully saturated rings. The zero-order valence-corrected chi connectivity index (χ0v) is 12.5. The van der Waals surface area contributed by atoms with Gasteiger partial charge in [-0.2, -0.15) is 0 Å². The zero-order valence-electron chi connectivity index (χ0n) is 10.2. The third-order valence-electron chi connectivity index (χ3n) is 2.64. The van der Waals surface area contributed by atoms with E-state index in [4.69, 9.17) is 39.5 Å². The number of halogens is 3. The van der Waals surface area contributed by atoms with Gasteiger partial charge in [0, 0.05) is 22.2 Å². The minimum absolute atomic E-state index is 0.545. The molecule has 0 unspecified atom stereocenters. The van der Waals surface area contributed by atoms with Gasteiger partial charge in [0.05, 0.1) is 17.8 Å². The number of rotatable bonds is 4. The van der Waals surface area contributed by atoms with E-state index in [1.54, 1.807) is 31.4 Å². The minimum atomic E-state index is 0.545. The third-order valence-corrected chi connectivity index (χ3v) is 3.44. The van der Waals surface area contributed by atoms with Gasteiger partial charge in [0.25, 0.3) is 0 Å². The lowest BCUT2D eigenvalue weighted by Crippen LogP contribution is -2.02. The number of ether oxygens (including phenoxy) is 1. The fourth-order valence-electron chi connectivity index (χ4n) is 1.71. The molecular weight excluding hydrogens is 305 g/mol. The first-order valence-corrected chi connectivity index (χ1v) is 6.75. The maximum Gasteiger partial charge on any atom is 0.123 e. The van der Waals surface area contributed by atoms with Gasteiger partial charge in [-0.15, -0.1) is 0 Å². The molecule has 100 valence electrons. The standard InChI is InChI=1S/C14H12Cl3NO/c1-19-14-5-3-10(15)6-9(14)8-18-13-7-11(16)2-4-12(13)17/h2-7,18H,8H2,1H3. The van der Waals surface area contributed by atoms with E-state index in [9.17, 15) is 0 Å². The highest BCUT2D eigenvalue weighted by Gasteiger charge is 2.06. The summed E-state index contributed by atoms with van der Waals surface area (Å²) in [6.07, 6.45) is 0. The Morgan fingerprint density at radius 3 is 2.42 bits per heavy atom. The molecule has 1 N–H and O–H groups in total. The Balaban J connectivity index is 2.18. The van der Waals surface area contributed by atoms with Gasteiger partial charge in [-0.3, -0.25) is 0 Å². The maximum atomic E-state index is 6.09. The molecule has 0 bridgehead atoms. The van der Waals surface area contributed by atoms with E-state index in [2.05, 4.69) is 5.32 Å². The number of methoxy groups -OCH3 is 1. The summed E-state index contributed by atoms with van der Waals surface area (Å²) in [4.78, 5) is 0. The largest absolute Gasteiger partial charge is 0.496 e. The number of anilines is 1. The summed E-state index contributed by atoms with van der Waals surface area (Å²) in [6, 6.07) is 10.7. The summed E-state index contributed by atoms with van der Waals surface area (Å²) in [5.74, 6) is 0.773. The molecule has 0 atom stereocenters. The van der Waals surface area contributed by atoms with Gasteiger partial charge in [0.1, 0.15) is 5.75 Å². The average Bonchev–Trinajstić information content (AvgIpc) is 2.40. The summed E-state index contributed by atoms with van der Waals surface area (Å²) in [7, 11) is 1.62. The molecule has 0 aromatic heterocycles. The van der Waals surface area contributed by atoms with Gasteiger partial charge in [0.15, 0.2) is 0 Å². The monoisotopic (exact) mass is 315 g/mol. The van der Waals surface area contributed by atoms with Gasteiger partial charge < -0.3 is 10.1 Å². The number of nitrogens with one attached hydrogen (secondary N) is 1. The van der Waals surface area contributed by atoms with Crippen LogP contribution >= 0.6 is 34.8 Å². The van der Waals surface area contributed by atoms with Crippen molar-refractivity contribution in [2.75, 3.05) is 12.4 Å². The van der Waals surface area contributed by atoms with Crippen molar-refractivity contribution in [3.05, 3.63) is 57.0 Å². The molecule has 0 saturated carbocycles. The lowest BCUT2D eigenvalue weighted by Gasteiger charge is -2.12. The molecule has 19 heavy (non-hydrogen) atoms. The van der Waals surface area contributed by atoms with Crippen molar-refractivity contribution in [1.29, 1.82) is 0 Å². The lowest BCUT2D eigenvalue weighted by molar-refractivity contribution is 0.410. The smallest absolute Gasteiger partial charge is 0.123 e. The Kier molecular flexibility index (Phi) is 4.81. The first-order chi connectivity index (χ1) is 9.10. The summed E-state index contributed by atoms with van der Waals surface area (Å²) in [5, 5.41) is 5.12. The van der Waals surface area contributed by atoms with Crippen LogP contribution in [-0.4, -0.2) is 7.11 Å². The minimum Gasteiger partial charge on any atom is -0.496 e. The van der Waals surface area contributed by atoms with Crippen LogP contribution in [-0.2, 0) is 6.54 Å². The summed E-state index contributed by atoms with van der Waals surface area (Å²) >= 11 is 18.0. The van der Waals surface area contributed by atoms with Crippen LogP contribution in [0.25, 0.3) is 0 Å². The van der Waals surface area contributed by atoms with Crippen LogP contribution in [0.5, 0.6) is 5.75 Å². The van der Waals surface area contributed by atoms with Gasteiger partial charge in [-0.1, -0.05) is 34.8 Å². The first kappa shape index (κ1) is 14.3. The zero-order chi connectivity index (χ0) is 13.8. The van der Waals surface area contributed by atoms with Crippen molar-refractivity contribution in [1.82, 2.24) is 0 Å². The number of hydrogen-bond donors (Lipinski definition) is 1. The van der Waals surface area contributed by atoms with Crippen molar-refractivity contribution >= 4 is 40.5 Å². The molecule has 0 aliphatic rings. The van der Waals surface area contributed by atoms with E-state index in [0.717, 1.165) is 17.0 Å². The van der Waals surface area contributed by atoms with Crippen molar-refractivity contribution in [2.24, 2.45) is 0 Å². The van der Waals surface area contributed by atoms with Crippen LogP contribution in [0.4, 0.5) is 5.69 Å². The van der Waals surface area contributed by atoms with Crippen LogP contribution in [0.3, 0.4) is 0 Å². The molecule has 5 heteroatoms. The SMILES string of the molecule is COc1ccc(Cl)cc1CNc1cc(Cl)ccc1Cl. The maximum absolute atomic E-state index is 6.09. The molecule has 2 nitrogen and oxygen atoms in total. The fraction of sp³-hybridized carbons (Fsp3) is 0.143. The topological polar surface area (TPSA) is 21.3 Å². The summed E-state index contributed by atoms with van der Waals surface area (Å²) in [5.41, 5.74) is 1.72. The van der Waals surface area contributed by atoms with Gasteiger partial charge >= 0.3 is 0 Å². The van der Waals surface area contributed by atoms with E-state index in [1.807, 2.05) is 12.1 Å². The Morgan fingerprint density at radius 1 is 1.00 bits per heavy atom. The van der Waals surface area contributed by atoms with E-state index >= 15 is 0 Å². The molecular formula is C14H12Cl3NO. The van der Waals surface area contributed by atoms with Gasteiger partial charge in [0.2, 0.25) is 0 Å². The van der Waals surface area contributed by atoms with Crippen molar-refractivity contribution in [3.8, 4) is 5.75 Å². The molecule has 0 spiro atoms. The summed E-state index contributed by atoms with van der Waals surface area (Å²) < 4.78 is 5.29. The number of hydrogen-bond acceptors (Lipinski definition) is 2. The second-order valence-electron chi connectivity index (χ2n) is 3.93. The molecule has 0 amide bonds. The molecule has 0 aliphatic carbocycles. The molecule has 2 aromatic carbocycles. The quantitative estimate of drug-likeness (QED) is 0.830. The molecule has 0 radical (unpaired) electrons. The highest BCUT2D eigenvalue weighted by Crippen LogP contribution is 2.28. The molecule has 0 heterocycles. The fourth-order valence-corrected chi connectivity index (χ4v) is 2.26. The predicted molar refractivity (Wildman–Crippen MR) is 81.8 cm³/mol. The molecule has 2 aromatic rings. The Labute approximate surface area is 127 Å². The highest BCUT2D eigenvalue weighted by molar-refractivity contribution is 6.35. The van der Waals surface area contributed by atoms with E-state index in [-0.39, 0.29) is 0 Å². The van der Waals surface area contributed by atoms with Crippen LogP contribution in [0, 0.1) is 0 Å². The summed E-state index contributed by atoms with van der Waals surface area (Å²) in [6.45, 7) is 0.545. The predicted octanol–water partition coefficient (Wildman–Crippen LogP) is 5.27. The third kappa shape index (κ3) is 3.69. The van der Waals surface area contributed by atoms with E-state index in [1.165, 1.54) is 0 Å². The molecule has 0 aliphatic heterocycles. The Bertz CT molecular complexity index is 587. The van der Waals surface area contributed by atoms with Crippen molar-refractivity contribution in [3.63, 3.8) is 0 Å². The Hall–Kier alpha value is -1.09. The molecule has 2 rings (SSSR count). The number of benzene rings is 2. The van der Waals surface area contributed by atoms with Gasteiger partial charge in [-0.05, 0) is 36.4 Å². The second kappa shape index (κ2) is 6.38. The first-order valence-electron chi connectivity index (χ1n) is 5.61.